The van der Waals surface area contributed by atoms with Gasteiger partial charge in [-0.05, 0) is 40.0 Å². The highest BCUT2D eigenvalue weighted by Gasteiger charge is 2.48. The van der Waals surface area contributed by atoms with Crippen molar-refractivity contribution in [2.75, 3.05) is 19.7 Å². The Labute approximate surface area is 132 Å². The van der Waals surface area contributed by atoms with E-state index in [1.807, 2.05) is 0 Å². The molecule has 1 saturated carbocycles. The van der Waals surface area contributed by atoms with Gasteiger partial charge in [0.2, 0.25) is 0 Å². The van der Waals surface area contributed by atoms with Gasteiger partial charge < -0.3 is 10.1 Å². The van der Waals surface area contributed by atoms with E-state index in [1.165, 1.54) is 0 Å². The minimum atomic E-state index is 0.259. The van der Waals surface area contributed by atoms with Crippen LogP contribution in [0.5, 0.6) is 0 Å². The molecule has 21 heavy (non-hydrogen) atoms. The average Bonchev–Trinajstić information content (AvgIpc) is 2.34. The minimum Gasteiger partial charge on any atom is -0.377 e. The molecule has 3 heteroatoms. The Hall–Kier alpha value is -0.120. The molecule has 1 fully saturated rings. The van der Waals surface area contributed by atoms with Gasteiger partial charge >= 0.3 is 0 Å². The first-order chi connectivity index (χ1) is 9.66. The molecular formula is C18H38N2O. The van der Waals surface area contributed by atoms with E-state index in [0.29, 0.717) is 30.1 Å². The van der Waals surface area contributed by atoms with Crippen LogP contribution in [-0.2, 0) is 4.74 Å². The third kappa shape index (κ3) is 5.22. The van der Waals surface area contributed by atoms with Crippen molar-refractivity contribution in [1.82, 2.24) is 10.2 Å². The number of nitrogens with one attached hydrogen (secondary N) is 1. The van der Waals surface area contributed by atoms with E-state index < -0.39 is 0 Å². The molecule has 1 aliphatic rings. The third-order valence-corrected chi connectivity index (χ3v) is 4.90. The van der Waals surface area contributed by atoms with Crippen LogP contribution in [0.1, 0.15) is 61.8 Å². The van der Waals surface area contributed by atoms with E-state index in [2.05, 4.69) is 65.6 Å². The largest absolute Gasteiger partial charge is 0.377 e. The fourth-order valence-electron chi connectivity index (χ4n) is 3.30. The summed E-state index contributed by atoms with van der Waals surface area (Å²) >= 11 is 0. The predicted octanol–water partition coefficient (Wildman–Crippen LogP) is 3.53. The van der Waals surface area contributed by atoms with E-state index in [0.717, 1.165) is 26.1 Å². The Morgan fingerprint density at radius 3 is 2.10 bits per heavy atom. The van der Waals surface area contributed by atoms with Gasteiger partial charge in [-0.15, -0.1) is 0 Å². The van der Waals surface area contributed by atoms with Gasteiger partial charge in [0.05, 0.1) is 6.10 Å². The number of rotatable bonds is 9. The highest BCUT2D eigenvalue weighted by Crippen LogP contribution is 2.42. The second-order valence-corrected chi connectivity index (χ2v) is 8.20. The van der Waals surface area contributed by atoms with Crippen molar-refractivity contribution in [3.8, 4) is 0 Å². The SMILES string of the molecule is CC(C)COC1CC(NCCN(C(C)C)C(C)C)C1(C)C. The monoisotopic (exact) mass is 298 g/mol. The molecule has 1 aliphatic carbocycles. The molecule has 0 aromatic rings. The molecule has 0 radical (unpaired) electrons. The molecule has 0 saturated heterocycles. The van der Waals surface area contributed by atoms with Crippen LogP contribution in [0, 0.1) is 11.3 Å². The first-order valence-electron chi connectivity index (χ1n) is 8.77. The van der Waals surface area contributed by atoms with Gasteiger partial charge in [0.25, 0.3) is 0 Å². The second-order valence-electron chi connectivity index (χ2n) is 8.20. The van der Waals surface area contributed by atoms with Gasteiger partial charge in [-0.25, -0.2) is 0 Å². The van der Waals surface area contributed by atoms with Crippen LogP contribution in [0.3, 0.4) is 0 Å². The molecule has 0 amide bonds. The number of nitrogens with zero attached hydrogens (tertiary/aromatic N) is 1. The zero-order chi connectivity index (χ0) is 16.2. The second kappa shape index (κ2) is 7.94. The van der Waals surface area contributed by atoms with Crippen LogP contribution in [0.25, 0.3) is 0 Å². The molecule has 2 atom stereocenters. The van der Waals surface area contributed by atoms with Crippen LogP contribution in [0.4, 0.5) is 0 Å². The number of hydrogen-bond acceptors (Lipinski definition) is 3. The zero-order valence-electron chi connectivity index (χ0n) is 15.6. The predicted molar refractivity (Wildman–Crippen MR) is 91.7 cm³/mol. The van der Waals surface area contributed by atoms with Crippen LogP contribution in [0.2, 0.25) is 0 Å². The van der Waals surface area contributed by atoms with Crippen LogP contribution >= 0.6 is 0 Å². The minimum absolute atomic E-state index is 0.259. The fourth-order valence-corrected chi connectivity index (χ4v) is 3.30. The summed E-state index contributed by atoms with van der Waals surface area (Å²) in [4.78, 5) is 2.55. The Bertz CT molecular complexity index is 292. The molecule has 0 spiro atoms. The highest BCUT2D eigenvalue weighted by atomic mass is 16.5. The third-order valence-electron chi connectivity index (χ3n) is 4.90. The lowest BCUT2D eigenvalue weighted by Crippen LogP contribution is -2.62. The van der Waals surface area contributed by atoms with Crippen molar-refractivity contribution in [3.63, 3.8) is 0 Å². The summed E-state index contributed by atoms with van der Waals surface area (Å²) in [7, 11) is 0. The molecule has 2 unspecified atom stereocenters. The van der Waals surface area contributed by atoms with E-state index in [9.17, 15) is 0 Å². The van der Waals surface area contributed by atoms with Gasteiger partial charge in [-0.1, -0.05) is 27.7 Å². The van der Waals surface area contributed by atoms with E-state index >= 15 is 0 Å². The van der Waals surface area contributed by atoms with Gasteiger partial charge in [0, 0.05) is 43.2 Å². The molecule has 0 aromatic heterocycles. The van der Waals surface area contributed by atoms with E-state index in [1.54, 1.807) is 0 Å². The van der Waals surface area contributed by atoms with Crippen molar-refractivity contribution in [2.24, 2.45) is 11.3 Å². The molecule has 1 N–H and O–H groups in total. The maximum absolute atomic E-state index is 6.04. The molecule has 0 aromatic carbocycles. The summed E-state index contributed by atoms with van der Waals surface area (Å²) in [6.07, 6.45) is 1.58. The fraction of sp³-hybridized carbons (Fsp3) is 1.00. The van der Waals surface area contributed by atoms with Crippen molar-refractivity contribution in [1.29, 1.82) is 0 Å². The molecule has 126 valence electrons. The highest BCUT2D eigenvalue weighted by molar-refractivity contribution is 5.02. The summed E-state index contributed by atoms with van der Waals surface area (Å²) in [5, 5.41) is 3.75. The topological polar surface area (TPSA) is 24.5 Å². The lowest BCUT2D eigenvalue weighted by Gasteiger charge is -2.52. The van der Waals surface area contributed by atoms with Crippen molar-refractivity contribution >= 4 is 0 Å². The van der Waals surface area contributed by atoms with Crippen LogP contribution in [0.15, 0.2) is 0 Å². The summed E-state index contributed by atoms with van der Waals surface area (Å²) in [6.45, 7) is 21.3. The van der Waals surface area contributed by atoms with Gasteiger partial charge in [-0.2, -0.15) is 0 Å². The zero-order valence-corrected chi connectivity index (χ0v) is 15.6. The quantitative estimate of drug-likeness (QED) is 0.705. The van der Waals surface area contributed by atoms with Crippen LogP contribution in [-0.4, -0.2) is 48.8 Å². The Morgan fingerprint density at radius 1 is 1.10 bits per heavy atom. The summed E-state index contributed by atoms with van der Waals surface area (Å²) in [6, 6.07) is 1.82. The molecule has 1 rings (SSSR count). The molecular weight excluding hydrogens is 260 g/mol. The first-order valence-corrected chi connectivity index (χ1v) is 8.77. The maximum atomic E-state index is 6.04. The molecule has 0 heterocycles. The Morgan fingerprint density at radius 2 is 1.67 bits per heavy atom. The van der Waals surface area contributed by atoms with Crippen molar-refractivity contribution in [2.45, 2.75) is 86.0 Å². The van der Waals surface area contributed by atoms with Gasteiger partial charge in [0.15, 0.2) is 0 Å². The first kappa shape index (κ1) is 18.9. The van der Waals surface area contributed by atoms with Crippen molar-refractivity contribution < 1.29 is 4.74 Å². The molecule has 0 bridgehead atoms. The van der Waals surface area contributed by atoms with Gasteiger partial charge in [0.1, 0.15) is 0 Å². The van der Waals surface area contributed by atoms with Gasteiger partial charge in [-0.3, -0.25) is 4.90 Å². The standard InChI is InChI=1S/C18H38N2O/c1-13(2)12-21-17-11-16(18(17,7)8)19-9-10-20(14(3)4)15(5)6/h13-17,19H,9-12H2,1-8H3. The molecule has 0 aliphatic heterocycles. The summed E-state index contributed by atoms with van der Waals surface area (Å²) in [5.74, 6) is 0.624. The van der Waals surface area contributed by atoms with E-state index in [-0.39, 0.29) is 5.41 Å². The normalized spacial score (nSPS) is 25.1. The number of ether oxygens (including phenoxy) is 1. The molecule has 3 nitrogen and oxygen atoms in total. The van der Waals surface area contributed by atoms with E-state index in [4.69, 9.17) is 4.74 Å². The van der Waals surface area contributed by atoms with Crippen LogP contribution < -0.4 is 5.32 Å². The van der Waals surface area contributed by atoms with Crippen molar-refractivity contribution in [3.05, 3.63) is 0 Å². The summed E-state index contributed by atoms with van der Waals surface area (Å²) < 4.78 is 6.04. The summed E-state index contributed by atoms with van der Waals surface area (Å²) in [5.41, 5.74) is 0.259. The lowest BCUT2D eigenvalue weighted by atomic mass is 9.64. The Balaban J connectivity index is 2.31. The lowest BCUT2D eigenvalue weighted by molar-refractivity contribution is -0.123. The maximum Gasteiger partial charge on any atom is 0.0656 e. The average molecular weight is 299 g/mol. The Kier molecular flexibility index (Phi) is 7.15. The smallest absolute Gasteiger partial charge is 0.0656 e. The number of hydrogen-bond donors (Lipinski definition) is 1.